The fraction of sp³-hybridized carbons (Fsp3) is 0.0769. The van der Waals surface area contributed by atoms with Crippen molar-refractivity contribution in [3.63, 3.8) is 0 Å². The number of rotatable bonds is 3. The lowest BCUT2D eigenvalue weighted by atomic mass is 10.2. The number of benzene rings is 1. The van der Waals surface area contributed by atoms with E-state index in [-0.39, 0.29) is 23.1 Å². The monoisotopic (exact) mass is 300 g/mol. The Hall–Kier alpha value is -2.64. The maximum Gasteiger partial charge on any atom is 0.335 e. The topological polar surface area (TPSA) is 62.2 Å². The molecule has 4 nitrogen and oxygen atoms in total. The van der Waals surface area contributed by atoms with E-state index in [9.17, 15) is 22.4 Å². The second-order valence-electron chi connectivity index (χ2n) is 4.16. The number of carbonyl (C=O) groups is 1. The summed E-state index contributed by atoms with van der Waals surface area (Å²) in [6, 6.07) is 2.28. The molecule has 2 aromatic rings. The molecular formula is C13H8F4N2O2. The number of halogens is 4. The van der Waals surface area contributed by atoms with Crippen molar-refractivity contribution in [3.05, 3.63) is 52.7 Å². The highest BCUT2D eigenvalue weighted by Gasteiger charge is 2.20. The molecule has 0 unspecified atom stereocenters. The second kappa shape index (κ2) is 5.39. The first-order valence-electron chi connectivity index (χ1n) is 5.61. The Morgan fingerprint density at radius 2 is 1.67 bits per heavy atom. The summed E-state index contributed by atoms with van der Waals surface area (Å²) in [5, 5.41) is 10.9. The van der Waals surface area contributed by atoms with E-state index in [1.54, 1.807) is 0 Å². The predicted octanol–water partition coefficient (Wildman–Crippen LogP) is 3.39. The van der Waals surface area contributed by atoms with Gasteiger partial charge in [0.2, 0.25) is 0 Å². The molecule has 0 spiro atoms. The van der Waals surface area contributed by atoms with E-state index in [1.807, 2.05) is 0 Å². The van der Waals surface area contributed by atoms with Crippen LogP contribution < -0.4 is 5.32 Å². The molecule has 0 atom stereocenters. The van der Waals surface area contributed by atoms with Crippen molar-refractivity contribution in [2.45, 2.75) is 6.92 Å². The van der Waals surface area contributed by atoms with Crippen LogP contribution in [0.4, 0.5) is 29.1 Å². The van der Waals surface area contributed by atoms with Crippen molar-refractivity contribution < 1.29 is 27.5 Å². The van der Waals surface area contributed by atoms with Crippen molar-refractivity contribution in [3.8, 4) is 0 Å². The van der Waals surface area contributed by atoms with Gasteiger partial charge in [0.05, 0.1) is 5.56 Å². The number of carboxylic acids is 1. The van der Waals surface area contributed by atoms with Crippen LogP contribution in [0, 0.1) is 30.2 Å². The summed E-state index contributed by atoms with van der Waals surface area (Å²) < 4.78 is 53.1. The summed E-state index contributed by atoms with van der Waals surface area (Å²) in [7, 11) is 0. The number of carboxylic acid groups (broad SMARTS) is 1. The third kappa shape index (κ3) is 2.93. The van der Waals surface area contributed by atoms with Crippen LogP contribution in [0.15, 0.2) is 18.2 Å². The summed E-state index contributed by atoms with van der Waals surface area (Å²) in [5.41, 5.74) is -1.03. The number of nitrogens with one attached hydrogen (secondary N) is 1. The molecule has 21 heavy (non-hydrogen) atoms. The minimum Gasteiger partial charge on any atom is -0.478 e. The lowest BCUT2D eigenvalue weighted by molar-refractivity contribution is 0.0696. The van der Waals surface area contributed by atoms with E-state index in [0.29, 0.717) is 0 Å². The maximum atomic E-state index is 13.5. The van der Waals surface area contributed by atoms with Gasteiger partial charge in [-0.15, -0.1) is 0 Å². The number of anilines is 2. The average molecular weight is 300 g/mol. The third-order valence-electron chi connectivity index (χ3n) is 2.57. The number of pyridine rings is 1. The van der Waals surface area contributed by atoms with Gasteiger partial charge in [-0.25, -0.2) is 27.3 Å². The van der Waals surface area contributed by atoms with Crippen molar-refractivity contribution in [2.24, 2.45) is 0 Å². The Kier molecular flexibility index (Phi) is 3.79. The van der Waals surface area contributed by atoms with Crippen LogP contribution in [-0.2, 0) is 0 Å². The first-order valence-corrected chi connectivity index (χ1v) is 5.61. The van der Waals surface area contributed by atoms with E-state index in [1.165, 1.54) is 13.0 Å². The zero-order valence-corrected chi connectivity index (χ0v) is 10.5. The molecule has 110 valence electrons. The fourth-order valence-corrected chi connectivity index (χ4v) is 1.67. The predicted molar refractivity (Wildman–Crippen MR) is 65.5 cm³/mol. The summed E-state index contributed by atoms with van der Waals surface area (Å²) >= 11 is 0. The smallest absolute Gasteiger partial charge is 0.335 e. The van der Waals surface area contributed by atoms with Crippen molar-refractivity contribution in [1.29, 1.82) is 0 Å². The highest BCUT2D eigenvalue weighted by molar-refractivity contribution is 5.88. The Morgan fingerprint density at radius 1 is 1.10 bits per heavy atom. The highest BCUT2D eigenvalue weighted by Crippen LogP contribution is 2.27. The van der Waals surface area contributed by atoms with Crippen LogP contribution in [0.3, 0.4) is 0 Å². The van der Waals surface area contributed by atoms with Crippen LogP contribution in [0.1, 0.15) is 16.1 Å². The quantitative estimate of drug-likeness (QED) is 0.674. The van der Waals surface area contributed by atoms with E-state index in [0.717, 1.165) is 6.07 Å². The normalized spacial score (nSPS) is 10.5. The number of nitrogens with zero attached hydrogens (tertiary/aromatic N) is 1. The molecule has 1 aromatic heterocycles. The van der Waals surface area contributed by atoms with Gasteiger partial charge in [-0.1, -0.05) is 0 Å². The third-order valence-corrected chi connectivity index (χ3v) is 2.57. The van der Waals surface area contributed by atoms with Crippen molar-refractivity contribution >= 4 is 17.5 Å². The molecule has 0 fully saturated rings. The van der Waals surface area contributed by atoms with Gasteiger partial charge in [0.25, 0.3) is 0 Å². The number of aromatic carboxylic acids is 1. The maximum absolute atomic E-state index is 13.5. The first-order chi connectivity index (χ1) is 9.79. The van der Waals surface area contributed by atoms with E-state index in [2.05, 4.69) is 10.3 Å². The lowest BCUT2D eigenvalue weighted by Gasteiger charge is -2.10. The zero-order chi connectivity index (χ0) is 15.7. The van der Waals surface area contributed by atoms with Crippen LogP contribution >= 0.6 is 0 Å². The Morgan fingerprint density at radius 3 is 2.19 bits per heavy atom. The zero-order valence-electron chi connectivity index (χ0n) is 10.5. The van der Waals surface area contributed by atoms with Crippen LogP contribution in [-0.4, -0.2) is 16.1 Å². The molecule has 0 bridgehead atoms. The highest BCUT2D eigenvalue weighted by atomic mass is 19.2. The second-order valence-corrected chi connectivity index (χ2v) is 4.16. The average Bonchev–Trinajstić information content (AvgIpc) is 2.41. The molecule has 0 aliphatic heterocycles. The van der Waals surface area contributed by atoms with Gasteiger partial charge in [-0.2, -0.15) is 0 Å². The van der Waals surface area contributed by atoms with Crippen molar-refractivity contribution in [1.82, 2.24) is 4.98 Å². The van der Waals surface area contributed by atoms with Gasteiger partial charge >= 0.3 is 5.97 Å². The van der Waals surface area contributed by atoms with Gasteiger partial charge in [0.1, 0.15) is 11.5 Å². The summed E-state index contributed by atoms with van der Waals surface area (Å²) in [5.74, 6) is -7.96. The summed E-state index contributed by atoms with van der Waals surface area (Å²) in [4.78, 5) is 14.7. The lowest BCUT2D eigenvalue weighted by Crippen LogP contribution is -2.06. The molecule has 1 aromatic carbocycles. The summed E-state index contributed by atoms with van der Waals surface area (Å²) in [6.07, 6.45) is 0. The van der Waals surface area contributed by atoms with Gasteiger partial charge < -0.3 is 10.4 Å². The van der Waals surface area contributed by atoms with Gasteiger partial charge in [-0.3, -0.25) is 0 Å². The number of hydrogen-bond donors (Lipinski definition) is 2. The minimum absolute atomic E-state index is 0.0716. The molecule has 0 amide bonds. The Labute approximate surface area is 116 Å². The van der Waals surface area contributed by atoms with Gasteiger partial charge in [0, 0.05) is 11.8 Å². The van der Waals surface area contributed by atoms with Crippen LogP contribution in [0.2, 0.25) is 0 Å². The van der Waals surface area contributed by atoms with Crippen molar-refractivity contribution in [2.75, 3.05) is 5.32 Å². The Bertz CT molecular complexity index is 708. The molecule has 0 radical (unpaired) electrons. The molecule has 2 rings (SSSR count). The SMILES string of the molecule is Cc1cc(C(=O)O)cc(Nc2c(F)c(F)cc(F)c2F)n1. The molecule has 1 heterocycles. The van der Waals surface area contributed by atoms with Crippen LogP contribution in [0.25, 0.3) is 0 Å². The first kappa shape index (κ1) is 14.8. The van der Waals surface area contributed by atoms with E-state index in [4.69, 9.17) is 5.11 Å². The molecule has 0 aliphatic rings. The number of hydrogen-bond acceptors (Lipinski definition) is 3. The molecular weight excluding hydrogens is 292 g/mol. The number of aromatic nitrogens is 1. The molecule has 0 saturated carbocycles. The standard InChI is InChI=1S/C13H8F4N2O2/c1-5-2-6(13(20)21)3-9(18-5)19-12-10(16)7(14)4-8(15)11(12)17/h2-4H,1H3,(H,18,19)(H,20,21). The van der Waals surface area contributed by atoms with E-state index >= 15 is 0 Å². The molecule has 8 heteroatoms. The minimum atomic E-state index is -1.63. The summed E-state index contributed by atoms with van der Waals surface area (Å²) in [6.45, 7) is 1.45. The van der Waals surface area contributed by atoms with Gasteiger partial charge in [0.15, 0.2) is 23.3 Å². The Balaban J connectivity index is 2.50. The molecule has 2 N–H and O–H groups in total. The molecule has 0 aliphatic carbocycles. The van der Waals surface area contributed by atoms with E-state index < -0.39 is 34.9 Å². The van der Waals surface area contributed by atoms with Gasteiger partial charge in [-0.05, 0) is 19.1 Å². The van der Waals surface area contributed by atoms with Crippen LogP contribution in [0.5, 0.6) is 0 Å². The number of aryl methyl sites for hydroxylation is 1. The largest absolute Gasteiger partial charge is 0.478 e. The fourth-order valence-electron chi connectivity index (χ4n) is 1.67. The molecule has 0 saturated heterocycles.